The minimum Gasteiger partial charge on any atom is -0.399 e. The van der Waals surface area contributed by atoms with Crippen molar-refractivity contribution >= 4 is 17.3 Å². The van der Waals surface area contributed by atoms with Crippen molar-refractivity contribution in [2.45, 2.75) is 39.5 Å². The van der Waals surface area contributed by atoms with E-state index < -0.39 is 0 Å². The van der Waals surface area contributed by atoms with E-state index in [1.165, 1.54) is 19.3 Å². The van der Waals surface area contributed by atoms with Crippen molar-refractivity contribution in [3.63, 3.8) is 0 Å². The number of nitrogen functional groups attached to an aromatic ring is 1. The Bertz CT molecular complexity index is 390. The Labute approximate surface area is 121 Å². The first-order valence-corrected chi connectivity index (χ1v) is 7.38. The summed E-state index contributed by atoms with van der Waals surface area (Å²) in [4.78, 5) is 11.7. The van der Waals surface area contributed by atoms with Gasteiger partial charge in [0.15, 0.2) is 0 Å². The van der Waals surface area contributed by atoms with E-state index >= 15 is 0 Å². The molecule has 0 aliphatic heterocycles. The fourth-order valence-electron chi connectivity index (χ4n) is 1.98. The van der Waals surface area contributed by atoms with Gasteiger partial charge in [-0.2, -0.15) is 0 Å². The van der Waals surface area contributed by atoms with Crippen LogP contribution in [0.4, 0.5) is 11.4 Å². The van der Waals surface area contributed by atoms with E-state index in [1.807, 2.05) is 0 Å². The highest BCUT2D eigenvalue weighted by molar-refractivity contribution is 5.91. The molecule has 1 aromatic rings. The highest BCUT2D eigenvalue weighted by Gasteiger charge is 2.08. The molecule has 0 saturated carbocycles. The molecule has 0 spiro atoms. The van der Waals surface area contributed by atoms with Crippen molar-refractivity contribution in [2.24, 2.45) is 5.92 Å². The molecule has 0 bridgehead atoms. The standard InChI is InChI=1S/C16H26N2O2/c1-3-5-6-13(4-2)11-20-12-16(19)18-15-9-7-14(17)8-10-15/h7-10,13H,3-6,11-12,17H2,1-2H3,(H,18,19). The van der Waals surface area contributed by atoms with E-state index in [-0.39, 0.29) is 12.5 Å². The van der Waals surface area contributed by atoms with Crippen LogP contribution in [-0.4, -0.2) is 19.1 Å². The highest BCUT2D eigenvalue weighted by atomic mass is 16.5. The molecular weight excluding hydrogens is 252 g/mol. The van der Waals surface area contributed by atoms with Crippen LogP contribution in [0.15, 0.2) is 24.3 Å². The van der Waals surface area contributed by atoms with Crippen LogP contribution in [-0.2, 0) is 9.53 Å². The van der Waals surface area contributed by atoms with Crippen LogP contribution < -0.4 is 11.1 Å². The van der Waals surface area contributed by atoms with E-state index in [9.17, 15) is 4.79 Å². The van der Waals surface area contributed by atoms with Gasteiger partial charge in [0, 0.05) is 11.4 Å². The van der Waals surface area contributed by atoms with Crippen molar-refractivity contribution in [1.29, 1.82) is 0 Å². The predicted octanol–water partition coefficient (Wildman–Crippen LogP) is 3.44. The van der Waals surface area contributed by atoms with Crippen LogP contribution in [0.25, 0.3) is 0 Å². The van der Waals surface area contributed by atoms with Gasteiger partial charge in [0.1, 0.15) is 6.61 Å². The molecule has 0 aliphatic rings. The van der Waals surface area contributed by atoms with Crippen molar-refractivity contribution in [1.82, 2.24) is 0 Å². The first-order chi connectivity index (χ1) is 9.65. The first kappa shape index (κ1) is 16.5. The monoisotopic (exact) mass is 278 g/mol. The molecule has 0 saturated heterocycles. The van der Waals surface area contributed by atoms with Gasteiger partial charge in [-0.25, -0.2) is 0 Å². The SMILES string of the molecule is CCCCC(CC)COCC(=O)Nc1ccc(N)cc1. The average molecular weight is 278 g/mol. The second-order valence-electron chi connectivity index (χ2n) is 5.10. The average Bonchev–Trinajstić information content (AvgIpc) is 2.45. The molecule has 20 heavy (non-hydrogen) atoms. The number of unbranched alkanes of at least 4 members (excludes halogenated alkanes) is 1. The van der Waals surface area contributed by atoms with Crippen LogP contribution in [0.2, 0.25) is 0 Å². The molecule has 1 rings (SSSR count). The van der Waals surface area contributed by atoms with Crippen molar-refractivity contribution in [3.8, 4) is 0 Å². The maximum absolute atomic E-state index is 11.7. The molecular formula is C16H26N2O2. The van der Waals surface area contributed by atoms with E-state index in [2.05, 4.69) is 19.2 Å². The molecule has 3 N–H and O–H groups in total. The number of rotatable bonds is 9. The Morgan fingerprint density at radius 3 is 2.60 bits per heavy atom. The zero-order valence-electron chi connectivity index (χ0n) is 12.5. The lowest BCUT2D eigenvalue weighted by atomic mass is 10.0. The van der Waals surface area contributed by atoms with Crippen LogP contribution in [0, 0.1) is 5.92 Å². The largest absolute Gasteiger partial charge is 0.399 e. The minimum absolute atomic E-state index is 0.104. The summed E-state index contributed by atoms with van der Waals surface area (Å²) in [6, 6.07) is 7.08. The molecule has 0 heterocycles. The predicted molar refractivity (Wildman–Crippen MR) is 83.6 cm³/mol. The third-order valence-corrected chi connectivity index (χ3v) is 3.32. The summed E-state index contributed by atoms with van der Waals surface area (Å²) in [5.41, 5.74) is 7.01. The molecule has 1 aromatic carbocycles. The number of benzene rings is 1. The lowest BCUT2D eigenvalue weighted by Gasteiger charge is -2.14. The maximum Gasteiger partial charge on any atom is 0.250 e. The lowest BCUT2D eigenvalue weighted by Crippen LogP contribution is -2.20. The second kappa shape index (κ2) is 9.37. The third-order valence-electron chi connectivity index (χ3n) is 3.32. The van der Waals surface area contributed by atoms with Crippen molar-refractivity contribution in [2.75, 3.05) is 24.3 Å². The Morgan fingerprint density at radius 1 is 1.30 bits per heavy atom. The molecule has 1 amide bonds. The quantitative estimate of drug-likeness (QED) is 0.680. The van der Waals surface area contributed by atoms with Crippen molar-refractivity contribution in [3.05, 3.63) is 24.3 Å². The normalized spacial score (nSPS) is 12.1. The van der Waals surface area contributed by atoms with E-state index in [0.29, 0.717) is 18.2 Å². The van der Waals surface area contributed by atoms with Crippen LogP contribution in [0.1, 0.15) is 39.5 Å². The molecule has 1 unspecified atom stereocenters. The molecule has 0 aromatic heterocycles. The summed E-state index contributed by atoms with van der Waals surface area (Å²) >= 11 is 0. The van der Waals surface area contributed by atoms with Gasteiger partial charge in [-0.05, 0) is 36.6 Å². The fraction of sp³-hybridized carbons (Fsp3) is 0.562. The molecule has 0 aliphatic carbocycles. The summed E-state index contributed by atoms with van der Waals surface area (Å²) in [6.45, 7) is 5.12. The zero-order valence-corrected chi connectivity index (χ0v) is 12.5. The molecule has 4 nitrogen and oxygen atoms in total. The number of carbonyl (C=O) groups is 1. The summed E-state index contributed by atoms with van der Waals surface area (Å²) in [5.74, 6) is 0.430. The van der Waals surface area contributed by atoms with E-state index in [4.69, 9.17) is 10.5 Å². The van der Waals surface area contributed by atoms with Gasteiger partial charge in [0.2, 0.25) is 5.91 Å². The summed E-state index contributed by atoms with van der Waals surface area (Å²) in [7, 11) is 0. The molecule has 0 radical (unpaired) electrons. The smallest absolute Gasteiger partial charge is 0.250 e. The molecule has 0 fully saturated rings. The lowest BCUT2D eigenvalue weighted by molar-refractivity contribution is -0.121. The summed E-state index contributed by atoms with van der Waals surface area (Å²) in [6.07, 6.45) is 4.69. The Balaban J connectivity index is 2.23. The number of nitrogens with one attached hydrogen (secondary N) is 1. The number of ether oxygens (including phenoxy) is 1. The topological polar surface area (TPSA) is 64.3 Å². The Morgan fingerprint density at radius 2 is 2.00 bits per heavy atom. The van der Waals surface area contributed by atoms with Crippen molar-refractivity contribution < 1.29 is 9.53 Å². The number of anilines is 2. The van der Waals surface area contributed by atoms with Crippen LogP contribution in [0.3, 0.4) is 0 Å². The number of hydrogen-bond acceptors (Lipinski definition) is 3. The summed E-state index contributed by atoms with van der Waals surface area (Å²) in [5, 5.41) is 2.78. The van der Waals surface area contributed by atoms with Gasteiger partial charge in [0.25, 0.3) is 0 Å². The second-order valence-corrected chi connectivity index (χ2v) is 5.10. The zero-order chi connectivity index (χ0) is 14.8. The number of hydrogen-bond donors (Lipinski definition) is 2. The van der Waals surface area contributed by atoms with E-state index in [1.54, 1.807) is 24.3 Å². The molecule has 1 atom stereocenters. The van der Waals surface area contributed by atoms with Crippen LogP contribution in [0.5, 0.6) is 0 Å². The fourth-order valence-corrected chi connectivity index (χ4v) is 1.98. The van der Waals surface area contributed by atoms with Gasteiger partial charge in [-0.3, -0.25) is 4.79 Å². The van der Waals surface area contributed by atoms with Gasteiger partial charge >= 0.3 is 0 Å². The molecule has 4 heteroatoms. The van der Waals surface area contributed by atoms with Gasteiger partial charge in [0.05, 0.1) is 6.61 Å². The van der Waals surface area contributed by atoms with E-state index in [0.717, 1.165) is 12.1 Å². The third kappa shape index (κ3) is 6.57. The van der Waals surface area contributed by atoms with Gasteiger partial charge in [-0.1, -0.05) is 33.1 Å². The molecule has 112 valence electrons. The van der Waals surface area contributed by atoms with Crippen LogP contribution >= 0.6 is 0 Å². The Kier molecular flexibility index (Phi) is 7.73. The number of carbonyl (C=O) groups excluding carboxylic acids is 1. The maximum atomic E-state index is 11.7. The number of nitrogens with two attached hydrogens (primary N) is 1. The Hall–Kier alpha value is -1.55. The van der Waals surface area contributed by atoms with Gasteiger partial charge < -0.3 is 15.8 Å². The van der Waals surface area contributed by atoms with Gasteiger partial charge in [-0.15, -0.1) is 0 Å². The minimum atomic E-state index is -0.125. The number of amides is 1. The highest BCUT2D eigenvalue weighted by Crippen LogP contribution is 2.13. The first-order valence-electron chi connectivity index (χ1n) is 7.38. The summed E-state index contributed by atoms with van der Waals surface area (Å²) < 4.78 is 5.50.